The van der Waals surface area contributed by atoms with Crippen LogP contribution in [0.3, 0.4) is 0 Å². The second-order valence-electron chi connectivity index (χ2n) is 16.6. The summed E-state index contributed by atoms with van der Waals surface area (Å²) in [5.41, 5.74) is 2.58. The van der Waals surface area contributed by atoms with Crippen molar-refractivity contribution in [2.24, 2.45) is 23.7 Å². The Hall–Kier alpha value is -1.11. The first-order chi connectivity index (χ1) is 23.1. The molecule has 6 heteroatoms. The van der Waals surface area contributed by atoms with E-state index >= 15 is 0 Å². The van der Waals surface area contributed by atoms with Gasteiger partial charge >= 0.3 is 7.48 Å². The van der Waals surface area contributed by atoms with E-state index < -0.39 is 11.7 Å². The zero-order valence-electron chi connectivity index (χ0n) is 35.8. The van der Waals surface area contributed by atoms with Crippen LogP contribution in [0.2, 0.25) is 0 Å². The molecule has 1 aromatic rings. The van der Waals surface area contributed by atoms with Crippen LogP contribution < -0.4 is 5.46 Å². The summed E-state index contributed by atoms with van der Waals surface area (Å²) in [6.07, 6.45) is 14.4. The van der Waals surface area contributed by atoms with E-state index in [1.54, 1.807) is 13.8 Å². The molecule has 1 radical (unpaired) electrons. The molecule has 0 bridgehead atoms. The molecule has 0 aliphatic heterocycles. The molecule has 1 aliphatic carbocycles. The third-order valence-corrected chi connectivity index (χ3v) is 10.9. The second-order valence-corrected chi connectivity index (χ2v) is 17.7. The van der Waals surface area contributed by atoms with Crippen molar-refractivity contribution in [3.63, 3.8) is 0 Å². The van der Waals surface area contributed by atoms with Gasteiger partial charge < -0.3 is 9.76 Å². The van der Waals surface area contributed by atoms with Crippen LogP contribution in [0.1, 0.15) is 192 Å². The van der Waals surface area contributed by atoms with Gasteiger partial charge in [-0.05, 0) is 90.2 Å². The maximum atomic E-state index is 13.3. The van der Waals surface area contributed by atoms with E-state index in [9.17, 15) is 9.59 Å². The van der Waals surface area contributed by atoms with Crippen molar-refractivity contribution in [2.75, 3.05) is 0 Å². The SMILES string of the molecule is CC(C)C(=O)C(C)O.CCC1CC(C)C1.CCCC(CCC)(C(=O)C(C)C)c1ccc([B]OC(C)(C)C(C)(C)S)cc1C.CCCCCCC. The van der Waals surface area contributed by atoms with Crippen molar-refractivity contribution >= 4 is 37.1 Å². The number of benzene rings is 1. The maximum absolute atomic E-state index is 13.3. The molecule has 0 amide bonds. The summed E-state index contributed by atoms with van der Waals surface area (Å²) in [5, 5.41) is 8.64. The standard InChI is InChI=1S/C24H40BO2S.C7H14.C7H16.C6H12O2/c1-10-14-24(15-11-2,21(26)17(3)4)20-13-12-19(16-18(20)5)25-27-22(6,7)23(8,9)28;1-3-7-4-6(2)5-7;1-3-5-7-6-4-2;1-4(2)6(8)5(3)7/h12-13,16-17,28H,10-11,14-15H2,1-9H3;6-7H,3-5H2,1-2H3;3-7H2,1-2H3;4-5,7H,1-3H3. The zero-order valence-corrected chi connectivity index (χ0v) is 36.7. The highest BCUT2D eigenvalue weighted by Gasteiger charge is 2.40. The molecule has 0 heterocycles. The van der Waals surface area contributed by atoms with Crippen molar-refractivity contribution in [3.05, 3.63) is 29.3 Å². The van der Waals surface area contributed by atoms with Crippen molar-refractivity contribution in [1.82, 2.24) is 0 Å². The van der Waals surface area contributed by atoms with Gasteiger partial charge in [-0.3, -0.25) is 9.59 Å². The highest BCUT2D eigenvalue weighted by molar-refractivity contribution is 7.81. The van der Waals surface area contributed by atoms with Gasteiger partial charge in [0.15, 0.2) is 5.78 Å². The minimum absolute atomic E-state index is 0.0329. The van der Waals surface area contributed by atoms with E-state index in [0.29, 0.717) is 5.78 Å². The number of Topliss-reactive ketones (excluding diaryl/α,β-unsaturated/α-hetero) is 2. The topological polar surface area (TPSA) is 63.6 Å². The predicted octanol–water partition coefficient (Wildman–Crippen LogP) is 11.8. The van der Waals surface area contributed by atoms with Crippen LogP contribution in [0.4, 0.5) is 0 Å². The van der Waals surface area contributed by atoms with Crippen LogP contribution in [0, 0.1) is 30.6 Å². The van der Waals surface area contributed by atoms with E-state index in [1.165, 1.54) is 63.9 Å². The van der Waals surface area contributed by atoms with E-state index in [4.69, 9.17) is 9.76 Å². The number of aryl methyl sites for hydroxylation is 1. The molecule has 0 aromatic heterocycles. The van der Waals surface area contributed by atoms with Gasteiger partial charge in [-0.1, -0.05) is 144 Å². The van der Waals surface area contributed by atoms with E-state index in [1.807, 2.05) is 35.2 Å². The number of thiol groups is 1. The smallest absolute Gasteiger partial charge is 0.330 e. The van der Waals surface area contributed by atoms with Gasteiger partial charge in [0, 0.05) is 16.6 Å². The highest BCUT2D eigenvalue weighted by Crippen LogP contribution is 2.39. The Bertz CT molecular complexity index is 1030. The average molecular weight is 718 g/mol. The number of unbranched alkanes of at least 4 members (excludes halogenated alkanes) is 4. The molecule has 1 aromatic carbocycles. The molecule has 0 saturated heterocycles. The first-order valence-electron chi connectivity index (χ1n) is 20.2. The van der Waals surface area contributed by atoms with Crippen molar-refractivity contribution in [3.8, 4) is 0 Å². The van der Waals surface area contributed by atoms with Crippen LogP contribution in [0.25, 0.3) is 0 Å². The number of carbonyl (C=O) groups excluding carboxylic acids is 2. The summed E-state index contributed by atoms with van der Waals surface area (Å²) < 4.78 is 5.81. The van der Waals surface area contributed by atoms with Crippen molar-refractivity contribution in [2.45, 2.75) is 210 Å². The number of hydrogen-bond donors (Lipinski definition) is 2. The third kappa shape index (κ3) is 18.6. The summed E-state index contributed by atoms with van der Waals surface area (Å²) in [5.74, 6) is 2.40. The van der Waals surface area contributed by atoms with Gasteiger partial charge in [-0.15, -0.1) is 0 Å². The number of carbonyl (C=O) groups is 2. The lowest BCUT2D eigenvalue weighted by atomic mass is 9.66. The minimum atomic E-state index is -0.796. The van der Waals surface area contributed by atoms with E-state index in [0.717, 1.165) is 48.5 Å². The molecule has 1 atom stereocenters. The molecule has 1 fully saturated rings. The number of hydrogen-bond acceptors (Lipinski definition) is 5. The molecule has 1 unspecified atom stereocenters. The fourth-order valence-corrected chi connectivity index (χ4v) is 6.45. The Morgan fingerprint density at radius 1 is 0.860 bits per heavy atom. The van der Waals surface area contributed by atoms with Crippen molar-refractivity contribution in [1.29, 1.82) is 0 Å². The third-order valence-electron chi connectivity index (χ3n) is 10.3. The van der Waals surface area contributed by atoms with Gasteiger partial charge in [0.1, 0.15) is 11.9 Å². The molecular formula is C44H82BO4S. The number of aliphatic hydroxyl groups is 1. The summed E-state index contributed by atoms with van der Waals surface area (Å²) in [4.78, 5) is 23.9. The number of ketones is 2. The van der Waals surface area contributed by atoms with Crippen LogP contribution in [0.5, 0.6) is 0 Å². The predicted molar refractivity (Wildman–Crippen MR) is 224 cm³/mol. The summed E-state index contributed by atoms with van der Waals surface area (Å²) >= 11 is 4.66. The highest BCUT2D eigenvalue weighted by atomic mass is 32.1. The minimum Gasteiger partial charge on any atom is -0.428 e. The molecule has 2 rings (SSSR count). The first kappa shape index (κ1) is 51.0. The summed E-state index contributed by atoms with van der Waals surface area (Å²) in [6.45, 7) is 32.9. The first-order valence-corrected chi connectivity index (χ1v) is 20.7. The monoisotopic (exact) mass is 718 g/mol. The van der Waals surface area contributed by atoms with Crippen LogP contribution >= 0.6 is 12.6 Å². The van der Waals surface area contributed by atoms with Gasteiger partial charge in [0.2, 0.25) is 0 Å². The fraction of sp³-hybridized carbons (Fsp3) is 0.818. The fourth-order valence-electron chi connectivity index (χ4n) is 6.40. The molecule has 1 N–H and O–H groups in total. The Morgan fingerprint density at radius 2 is 1.36 bits per heavy atom. The van der Waals surface area contributed by atoms with Crippen molar-refractivity contribution < 1.29 is 19.3 Å². The quantitative estimate of drug-likeness (QED) is 0.0901. The summed E-state index contributed by atoms with van der Waals surface area (Å²) in [6, 6.07) is 6.37. The average Bonchev–Trinajstić information content (AvgIpc) is 3.02. The van der Waals surface area contributed by atoms with Crippen LogP contribution in [-0.2, 0) is 19.7 Å². The van der Waals surface area contributed by atoms with Gasteiger partial charge in [0.25, 0.3) is 0 Å². The molecule has 0 spiro atoms. The van der Waals surface area contributed by atoms with E-state index in [2.05, 4.69) is 93.1 Å². The molecule has 1 aliphatic rings. The Balaban J connectivity index is 0. The molecule has 50 heavy (non-hydrogen) atoms. The lowest BCUT2D eigenvalue weighted by Crippen LogP contribution is -2.46. The lowest BCUT2D eigenvalue weighted by molar-refractivity contribution is -0.129. The normalized spacial score (nSPS) is 16.6. The van der Waals surface area contributed by atoms with Crippen LogP contribution in [-0.4, -0.2) is 40.6 Å². The molecule has 1 saturated carbocycles. The van der Waals surface area contributed by atoms with Crippen LogP contribution in [0.15, 0.2) is 18.2 Å². The largest absolute Gasteiger partial charge is 0.428 e. The van der Waals surface area contributed by atoms with Gasteiger partial charge in [-0.25, -0.2) is 0 Å². The molecular weight excluding hydrogens is 635 g/mol. The Kier molecular flexibility index (Phi) is 26.3. The van der Waals surface area contributed by atoms with Gasteiger partial charge in [-0.2, -0.15) is 12.6 Å². The Labute approximate surface area is 318 Å². The maximum Gasteiger partial charge on any atom is 0.330 e. The van der Waals surface area contributed by atoms with Gasteiger partial charge in [0.05, 0.1) is 11.0 Å². The lowest BCUT2D eigenvalue weighted by Gasteiger charge is -2.38. The van der Waals surface area contributed by atoms with E-state index in [-0.39, 0.29) is 27.8 Å². The summed E-state index contributed by atoms with van der Waals surface area (Å²) in [7, 11) is 1.82. The molecule has 291 valence electrons. The zero-order chi connectivity index (χ0) is 39.3. The number of rotatable bonds is 18. The molecule has 4 nitrogen and oxygen atoms in total. The second kappa shape index (κ2) is 25.8. The Morgan fingerprint density at radius 3 is 1.64 bits per heavy atom. The number of aliphatic hydroxyl groups excluding tert-OH is 1.